The number of nitrogens with zero attached hydrogens (tertiary/aromatic N) is 1. The molecule has 1 aliphatic carbocycles. The van der Waals surface area contributed by atoms with Crippen LogP contribution in [0.2, 0.25) is 0 Å². The number of allylic oxidation sites excluding steroid dienone is 1. The van der Waals surface area contributed by atoms with Crippen LogP contribution in [-0.4, -0.2) is 59.0 Å². The average molecular weight is 337 g/mol. The molecule has 1 saturated heterocycles. The minimum absolute atomic E-state index is 0.247. The first-order valence-corrected chi connectivity index (χ1v) is 9.01. The van der Waals surface area contributed by atoms with Crippen LogP contribution < -0.4 is 0 Å². The Bertz CT molecular complexity index is 498. The molecular formula is C19H31NO4. The van der Waals surface area contributed by atoms with Gasteiger partial charge in [-0.2, -0.15) is 0 Å². The van der Waals surface area contributed by atoms with Gasteiger partial charge in [0.25, 0.3) is 0 Å². The average Bonchev–Trinajstić information content (AvgIpc) is 2.84. The summed E-state index contributed by atoms with van der Waals surface area (Å²) in [5.74, 6) is -0.892. The lowest BCUT2D eigenvalue weighted by molar-refractivity contribution is -0.144. The van der Waals surface area contributed by atoms with E-state index in [1.165, 1.54) is 0 Å². The number of aliphatic hydroxyl groups excluding tert-OH is 2. The second-order valence-corrected chi connectivity index (χ2v) is 7.07. The van der Waals surface area contributed by atoms with Gasteiger partial charge in [-0.1, -0.05) is 32.1 Å². The first-order chi connectivity index (χ1) is 11.4. The van der Waals surface area contributed by atoms with Gasteiger partial charge in [-0.25, -0.2) is 0 Å². The first kappa shape index (κ1) is 19.2. The molecule has 5 nitrogen and oxygen atoms in total. The van der Waals surface area contributed by atoms with Gasteiger partial charge >= 0.3 is 5.97 Å². The third-order valence-corrected chi connectivity index (χ3v) is 5.41. The molecule has 2 N–H and O–H groups in total. The molecule has 136 valence electrons. The van der Waals surface area contributed by atoms with E-state index in [2.05, 4.69) is 25.3 Å². The quantitative estimate of drug-likeness (QED) is 0.606. The number of hydrogen-bond donors (Lipinski definition) is 2. The molecule has 24 heavy (non-hydrogen) atoms. The fourth-order valence-corrected chi connectivity index (χ4v) is 3.77. The van der Waals surface area contributed by atoms with Crippen LogP contribution in [0.5, 0.6) is 0 Å². The van der Waals surface area contributed by atoms with Gasteiger partial charge in [0.1, 0.15) is 6.10 Å². The van der Waals surface area contributed by atoms with Crippen molar-refractivity contribution >= 4 is 5.97 Å². The molecule has 1 aliphatic heterocycles. The predicted molar refractivity (Wildman–Crippen MR) is 93.4 cm³/mol. The molecule has 0 saturated carbocycles. The number of hydrogen-bond acceptors (Lipinski definition) is 5. The van der Waals surface area contributed by atoms with Gasteiger partial charge in [-0.15, -0.1) is 0 Å². The minimum Gasteiger partial charge on any atom is -0.461 e. The van der Waals surface area contributed by atoms with Crippen molar-refractivity contribution in [3.05, 3.63) is 23.8 Å². The van der Waals surface area contributed by atoms with E-state index in [1.54, 1.807) is 0 Å². The monoisotopic (exact) mass is 337 g/mol. The largest absolute Gasteiger partial charge is 0.461 e. The summed E-state index contributed by atoms with van der Waals surface area (Å²) in [6, 6.07) is 0. The Morgan fingerprint density at radius 1 is 1.33 bits per heavy atom. The molecule has 1 heterocycles. The summed E-state index contributed by atoms with van der Waals surface area (Å²) in [6.07, 6.45) is 1.81. The Morgan fingerprint density at radius 2 is 2.00 bits per heavy atom. The topological polar surface area (TPSA) is 70.0 Å². The van der Waals surface area contributed by atoms with Gasteiger partial charge in [0, 0.05) is 18.9 Å². The van der Waals surface area contributed by atoms with E-state index in [9.17, 15) is 15.0 Å². The van der Waals surface area contributed by atoms with Gasteiger partial charge in [-0.05, 0) is 38.4 Å². The van der Waals surface area contributed by atoms with Gasteiger partial charge < -0.3 is 19.8 Å². The zero-order valence-electron chi connectivity index (χ0n) is 15.1. The molecule has 0 amide bonds. The first-order valence-electron chi connectivity index (χ1n) is 9.01. The van der Waals surface area contributed by atoms with Crippen LogP contribution >= 0.6 is 0 Å². The summed E-state index contributed by atoms with van der Waals surface area (Å²) in [7, 11) is 0. The summed E-state index contributed by atoms with van der Waals surface area (Å²) in [4.78, 5) is 14.6. The Balaban J connectivity index is 2.29. The lowest BCUT2D eigenvalue weighted by Crippen LogP contribution is -2.40. The van der Waals surface area contributed by atoms with E-state index in [4.69, 9.17) is 4.74 Å². The van der Waals surface area contributed by atoms with Gasteiger partial charge in [0.2, 0.25) is 0 Å². The van der Waals surface area contributed by atoms with Crippen LogP contribution in [0.15, 0.2) is 23.8 Å². The molecule has 0 bridgehead atoms. The van der Waals surface area contributed by atoms with Crippen molar-refractivity contribution in [2.75, 3.05) is 19.6 Å². The molecule has 0 radical (unpaired) electrons. The van der Waals surface area contributed by atoms with Crippen molar-refractivity contribution in [3.63, 3.8) is 0 Å². The zero-order valence-corrected chi connectivity index (χ0v) is 15.1. The second kappa shape index (κ2) is 8.28. The summed E-state index contributed by atoms with van der Waals surface area (Å²) in [5.41, 5.74) is 1.71. The van der Waals surface area contributed by atoms with Crippen LogP contribution in [0, 0.1) is 11.8 Å². The summed E-state index contributed by atoms with van der Waals surface area (Å²) < 4.78 is 5.60. The summed E-state index contributed by atoms with van der Waals surface area (Å²) >= 11 is 0. The number of aliphatic hydroxyl groups is 2. The molecule has 1 fully saturated rings. The van der Waals surface area contributed by atoms with E-state index in [1.807, 2.05) is 13.0 Å². The number of ether oxygens (including phenoxy) is 1. The molecule has 0 unspecified atom stereocenters. The molecule has 0 aromatic heterocycles. The number of rotatable bonds is 4. The minimum atomic E-state index is -0.718. The maximum Gasteiger partial charge on any atom is 0.311 e. The number of carbonyl (C=O) groups excluding carboxylic acids is 1. The van der Waals surface area contributed by atoms with E-state index >= 15 is 0 Å². The number of esters is 1. The van der Waals surface area contributed by atoms with Crippen LogP contribution in [0.25, 0.3) is 0 Å². The Kier molecular flexibility index (Phi) is 6.61. The van der Waals surface area contributed by atoms with Crippen LogP contribution in [0.4, 0.5) is 0 Å². The third kappa shape index (κ3) is 4.26. The van der Waals surface area contributed by atoms with Crippen molar-refractivity contribution in [1.82, 2.24) is 4.90 Å². The fourth-order valence-electron chi connectivity index (χ4n) is 3.77. The second-order valence-electron chi connectivity index (χ2n) is 7.07. The zero-order chi connectivity index (χ0) is 17.9. The number of fused-ring (bicyclic) bond motifs is 1. The van der Waals surface area contributed by atoms with Gasteiger partial charge in [0.15, 0.2) is 0 Å². The smallest absolute Gasteiger partial charge is 0.311 e. The van der Waals surface area contributed by atoms with Crippen molar-refractivity contribution in [3.8, 4) is 0 Å². The predicted octanol–water partition coefficient (Wildman–Crippen LogP) is 1.89. The third-order valence-electron chi connectivity index (χ3n) is 5.41. The van der Waals surface area contributed by atoms with Crippen LogP contribution in [0.3, 0.4) is 0 Å². The Labute approximate surface area is 145 Å². The molecule has 0 aromatic rings. The van der Waals surface area contributed by atoms with Crippen molar-refractivity contribution in [1.29, 1.82) is 0 Å². The highest BCUT2D eigenvalue weighted by Gasteiger charge is 2.48. The molecule has 5 atom stereocenters. The van der Waals surface area contributed by atoms with Crippen LogP contribution in [0.1, 0.15) is 40.0 Å². The highest BCUT2D eigenvalue weighted by molar-refractivity contribution is 5.76. The van der Waals surface area contributed by atoms with E-state index < -0.39 is 18.3 Å². The molecule has 2 rings (SSSR count). The molecule has 0 spiro atoms. The molecule has 0 aromatic carbocycles. The maximum atomic E-state index is 12.4. The lowest BCUT2D eigenvalue weighted by atomic mass is 9.80. The van der Waals surface area contributed by atoms with E-state index in [0.29, 0.717) is 31.4 Å². The van der Waals surface area contributed by atoms with E-state index in [0.717, 1.165) is 18.7 Å². The van der Waals surface area contributed by atoms with Crippen molar-refractivity contribution in [2.24, 2.45) is 11.8 Å². The summed E-state index contributed by atoms with van der Waals surface area (Å²) in [6.45, 7) is 12.3. The van der Waals surface area contributed by atoms with Gasteiger partial charge in [0.05, 0.1) is 18.1 Å². The normalized spacial score (nSPS) is 36.9. The number of carbonyl (C=O) groups is 1. The molecular weight excluding hydrogens is 306 g/mol. The van der Waals surface area contributed by atoms with Crippen molar-refractivity contribution in [2.45, 2.75) is 58.3 Å². The SMILES string of the molecule is C=C1C[C@H]2OC(=O)[C@H](CN(CC)CC)[C@H]2[C@@H](O)/C=C(\C)CC[C@H]1O. The van der Waals surface area contributed by atoms with Crippen LogP contribution in [-0.2, 0) is 9.53 Å². The fraction of sp³-hybridized carbons (Fsp3) is 0.737. The molecule has 2 aliphatic rings. The standard InChI is InChI=1S/C19H31NO4/c1-5-20(6-2)11-14-18-16(22)9-12(3)7-8-15(21)13(4)10-17(18)24-19(14)23/h9,14-18,21-22H,4-8,10-11H2,1-3H3/b12-9+/t14-,15-,16+,17-,18+/m1/s1. The summed E-state index contributed by atoms with van der Waals surface area (Å²) in [5, 5.41) is 21.0. The van der Waals surface area contributed by atoms with E-state index in [-0.39, 0.29) is 17.8 Å². The molecule has 5 heteroatoms. The highest BCUT2D eigenvalue weighted by Crippen LogP contribution is 2.37. The maximum absolute atomic E-state index is 12.4. The van der Waals surface area contributed by atoms with Gasteiger partial charge in [-0.3, -0.25) is 4.79 Å². The Morgan fingerprint density at radius 3 is 2.62 bits per heavy atom. The highest BCUT2D eigenvalue weighted by atomic mass is 16.6. The lowest BCUT2D eigenvalue weighted by Gasteiger charge is -2.29. The Hall–Kier alpha value is -1.17. The van der Waals surface area contributed by atoms with Crippen molar-refractivity contribution < 1.29 is 19.7 Å².